The third-order valence-corrected chi connectivity index (χ3v) is 7.15. The standard InChI is InChI=1S/C24H27N7O3S/c1-29(35(2,32)33)22-19(5-4-9-25-22)17-31-10-8-18-16-26-24(28-23(18)31)27-20-6-3-7-21(15-20)30-11-13-34-14-12-30/h3-10,15-16H,11-14,17H2,1-2H3,(H,26,27,28). The fourth-order valence-corrected chi connectivity index (χ4v) is 4.55. The van der Waals surface area contributed by atoms with Crippen molar-refractivity contribution < 1.29 is 13.2 Å². The van der Waals surface area contributed by atoms with Gasteiger partial charge in [-0.3, -0.25) is 4.31 Å². The number of hydrogen-bond donors (Lipinski definition) is 1. The summed E-state index contributed by atoms with van der Waals surface area (Å²) >= 11 is 0. The van der Waals surface area contributed by atoms with Gasteiger partial charge in [-0.25, -0.2) is 18.4 Å². The normalized spacial score (nSPS) is 14.3. The van der Waals surface area contributed by atoms with Crippen LogP contribution < -0.4 is 14.5 Å². The van der Waals surface area contributed by atoms with E-state index in [1.165, 1.54) is 11.4 Å². The number of sulfonamides is 1. The molecule has 1 aliphatic heterocycles. The van der Waals surface area contributed by atoms with Crippen LogP contribution in [0.4, 0.5) is 23.1 Å². The zero-order valence-corrected chi connectivity index (χ0v) is 20.4. The molecule has 1 aromatic carbocycles. The first-order valence-corrected chi connectivity index (χ1v) is 13.1. The molecule has 0 saturated carbocycles. The Morgan fingerprint density at radius 1 is 1.11 bits per heavy atom. The molecule has 1 saturated heterocycles. The van der Waals surface area contributed by atoms with E-state index in [-0.39, 0.29) is 0 Å². The Bertz CT molecular complexity index is 1450. The maximum atomic E-state index is 12.1. The van der Waals surface area contributed by atoms with E-state index in [0.717, 1.165) is 60.5 Å². The maximum Gasteiger partial charge on any atom is 0.233 e. The van der Waals surface area contributed by atoms with E-state index >= 15 is 0 Å². The van der Waals surface area contributed by atoms with Crippen LogP contribution >= 0.6 is 0 Å². The van der Waals surface area contributed by atoms with Gasteiger partial charge in [0.2, 0.25) is 16.0 Å². The van der Waals surface area contributed by atoms with Crippen LogP contribution in [0, 0.1) is 0 Å². The lowest BCUT2D eigenvalue weighted by Gasteiger charge is -2.29. The fraction of sp³-hybridized carbons (Fsp3) is 0.292. The van der Waals surface area contributed by atoms with E-state index in [1.807, 2.05) is 35.0 Å². The van der Waals surface area contributed by atoms with E-state index < -0.39 is 10.0 Å². The van der Waals surface area contributed by atoms with Crippen LogP contribution in [0.5, 0.6) is 0 Å². The minimum atomic E-state index is -3.44. The first-order chi connectivity index (χ1) is 16.9. The van der Waals surface area contributed by atoms with Crippen molar-refractivity contribution >= 4 is 44.2 Å². The molecule has 5 rings (SSSR count). The lowest BCUT2D eigenvalue weighted by molar-refractivity contribution is 0.122. The molecule has 0 unspecified atom stereocenters. The Kier molecular flexibility index (Phi) is 6.27. The second-order valence-electron chi connectivity index (χ2n) is 8.41. The Morgan fingerprint density at radius 2 is 1.94 bits per heavy atom. The van der Waals surface area contributed by atoms with E-state index in [2.05, 4.69) is 32.3 Å². The van der Waals surface area contributed by atoms with Gasteiger partial charge in [0.05, 0.1) is 26.0 Å². The summed E-state index contributed by atoms with van der Waals surface area (Å²) in [5, 5.41) is 4.20. The van der Waals surface area contributed by atoms with Crippen LogP contribution in [0.3, 0.4) is 0 Å². The van der Waals surface area contributed by atoms with Gasteiger partial charge >= 0.3 is 0 Å². The zero-order chi connectivity index (χ0) is 24.4. The number of nitrogens with one attached hydrogen (secondary N) is 1. The van der Waals surface area contributed by atoms with Gasteiger partial charge in [0.25, 0.3) is 0 Å². The quantitative estimate of drug-likeness (QED) is 0.419. The molecule has 4 heterocycles. The predicted octanol–water partition coefficient (Wildman–Crippen LogP) is 2.85. The molecule has 0 radical (unpaired) electrons. The number of anilines is 4. The molecule has 35 heavy (non-hydrogen) atoms. The van der Waals surface area contributed by atoms with Gasteiger partial charge in [0.15, 0.2) is 0 Å². The van der Waals surface area contributed by atoms with Crippen molar-refractivity contribution in [2.24, 2.45) is 0 Å². The number of fused-ring (bicyclic) bond motifs is 1. The minimum absolute atomic E-state index is 0.393. The van der Waals surface area contributed by atoms with Crippen LogP contribution in [0.15, 0.2) is 61.1 Å². The predicted molar refractivity (Wildman–Crippen MR) is 137 cm³/mol. The molecule has 0 spiro atoms. The highest BCUT2D eigenvalue weighted by Crippen LogP contribution is 2.25. The average Bonchev–Trinajstić information content (AvgIpc) is 3.26. The molecule has 0 atom stereocenters. The van der Waals surface area contributed by atoms with Crippen molar-refractivity contribution in [3.05, 3.63) is 66.6 Å². The van der Waals surface area contributed by atoms with Crippen molar-refractivity contribution in [1.82, 2.24) is 19.5 Å². The van der Waals surface area contributed by atoms with Crippen molar-refractivity contribution in [3.8, 4) is 0 Å². The van der Waals surface area contributed by atoms with Gasteiger partial charge in [-0.2, -0.15) is 4.98 Å². The summed E-state index contributed by atoms with van der Waals surface area (Å²) in [5.74, 6) is 0.875. The lowest BCUT2D eigenvalue weighted by Crippen LogP contribution is -2.36. The molecular formula is C24H27N7O3S. The first kappa shape index (κ1) is 23.1. The zero-order valence-electron chi connectivity index (χ0n) is 19.6. The fourth-order valence-electron chi connectivity index (χ4n) is 4.07. The summed E-state index contributed by atoms with van der Waals surface area (Å²) in [6, 6.07) is 13.8. The lowest BCUT2D eigenvalue weighted by atomic mass is 10.2. The SMILES string of the molecule is CN(c1ncccc1Cn1ccc2cnc(Nc3cccc(N4CCOCC4)c3)nc21)S(C)(=O)=O. The smallest absolute Gasteiger partial charge is 0.233 e. The molecule has 11 heteroatoms. The minimum Gasteiger partial charge on any atom is -0.378 e. The van der Waals surface area contributed by atoms with Crippen LogP contribution in [0.25, 0.3) is 11.0 Å². The molecule has 0 amide bonds. The molecule has 10 nitrogen and oxygen atoms in total. The largest absolute Gasteiger partial charge is 0.378 e. The Labute approximate surface area is 204 Å². The van der Waals surface area contributed by atoms with Crippen molar-refractivity contribution in [3.63, 3.8) is 0 Å². The molecule has 0 aliphatic carbocycles. The molecular weight excluding hydrogens is 466 g/mol. The van der Waals surface area contributed by atoms with Crippen molar-refractivity contribution in [2.75, 3.05) is 54.1 Å². The molecule has 4 aromatic rings. The van der Waals surface area contributed by atoms with Gasteiger partial charge in [0, 0.05) is 61.1 Å². The summed E-state index contributed by atoms with van der Waals surface area (Å²) < 4.78 is 32.8. The van der Waals surface area contributed by atoms with Crippen LogP contribution in [-0.2, 0) is 21.3 Å². The van der Waals surface area contributed by atoms with Crippen molar-refractivity contribution in [2.45, 2.75) is 6.54 Å². The number of benzene rings is 1. The van der Waals surface area contributed by atoms with Gasteiger partial charge in [0.1, 0.15) is 11.5 Å². The number of nitrogens with zero attached hydrogens (tertiary/aromatic N) is 6. The van der Waals surface area contributed by atoms with Crippen molar-refractivity contribution in [1.29, 1.82) is 0 Å². The monoisotopic (exact) mass is 493 g/mol. The number of morpholine rings is 1. The summed E-state index contributed by atoms with van der Waals surface area (Å²) in [4.78, 5) is 15.8. The Morgan fingerprint density at radius 3 is 2.74 bits per heavy atom. The van der Waals surface area contributed by atoms with Gasteiger partial charge < -0.3 is 19.5 Å². The summed E-state index contributed by atoms with van der Waals surface area (Å²) in [6.07, 6.45) is 6.44. The highest BCUT2D eigenvalue weighted by molar-refractivity contribution is 7.92. The highest BCUT2D eigenvalue weighted by Gasteiger charge is 2.18. The molecule has 182 valence electrons. The topological polar surface area (TPSA) is 105 Å². The number of hydrogen-bond acceptors (Lipinski definition) is 8. The van der Waals surface area contributed by atoms with Crippen LogP contribution in [-0.4, -0.2) is 67.5 Å². The van der Waals surface area contributed by atoms with E-state index in [4.69, 9.17) is 9.72 Å². The summed E-state index contributed by atoms with van der Waals surface area (Å²) in [7, 11) is -1.93. The number of aromatic nitrogens is 4. The Hall–Kier alpha value is -3.70. The molecule has 1 fully saturated rings. The van der Waals surface area contributed by atoms with Crippen LogP contribution in [0.2, 0.25) is 0 Å². The highest BCUT2D eigenvalue weighted by atomic mass is 32.2. The van der Waals surface area contributed by atoms with Gasteiger partial charge in [-0.05, 0) is 30.3 Å². The first-order valence-electron chi connectivity index (χ1n) is 11.3. The second kappa shape index (κ2) is 9.51. The molecule has 3 aromatic heterocycles. The van der Waals surface area contributed by atoms with Crippen LogP contribution in [0.1, 0.15) is 5.56 Å². The number of rotatable bonds is 7. The van der Waals surface area contributed by atoms with E-state index in [9.17, 15) is 8.42 Å². The van der Waals surface area contributed by atoms with E-state index in [1.54, 1.807) is 18.5 Å². The third kappa shape index (κ3) is 5.05. The average molecular weight is 494 g/mol. The molecule has 1 aliphatic rings. The van der Waals surface area contributed by atoms with Gasteiger partial charge in [-0.15, -0.1) is 0 Å². The third-order valence-electron chi connectivity index (χ3n) is 5.98. The summed E-state index contributed by atoms with van der Waals surface area (Å²) in [5.41, 5.74) is 3.53. The summed E-state index contributed by atoms with van der Waals surface area (Å²) in [6.45, 7) is 3.60. The number of ether oxygens (including phenoxy) is 1. The molecule has 0 bridgehead atoms. The Balaban J connectivity index is 1.41. The number of pyridine rings is 1. The van der Waals surface area contributed by atoms with Gasteiger partial charge in [-0.1, -0.05) is 12.1 Å². The molecule has 1 N–H and O–H groups in total. The second-order valence-corrected chi connectivity index (χ2v) is 10.4. The van der Waals surface area contributed by atoms with E-state index in [0.29, 0.717) is 18.3 Å². The maximum absolute atomic E-state index is 12.1.